The number of aliphatic hydroxyl groups is 1. The smallest absolute Gasteiger partial charge is 0.303 e. The van der Waals surface area contributed by atoms with Crippen LogP contribution in [0, 0.1) is 0 Å². The lowest BCUT2D eigenvalue weighted by Gasteiger charge is -2.36. The first-order valence-corrected chi connectivity index (χ1v) is 13.1. The molecule has 4 rings (SSSR count). The van der Waals surface area contributed by atoms with Gasteiger partial charge in [-0.2, -0.15) is 0 Å². The first kappa shape index (κ1) is 26.8. The summed E-state index contributed by atoms with van der Waals surface area (Å²) >= 11 is 1.64. The minimum atomic E-state index is -0.994. The quantitative estimate of drug-likeness (QED) is 0.317. The highest BCUT2D eigenvalue weighted by Crippen LogP contribution is 2.39. The minimum absolute atomic E-state index is 0.00670. The number of hydrogen-bond acceptors (Lipinski definition) is 7. The van der Waals surface area contributed by atoms with Crippen LogP contribution < -0.4 is 5.32 Å². The van der Waals surface area contributed by atoms with E-state index < -0.39 is 12.3 Å². The van der Waals surface area contributed by atoms with E-state index in [9.17, 15) is 14.7 Å². The summed E-state index contributed by atoms with van der Waals surface area (Å²) in [6.07, 6.45) is 1.42. The predicted octanol–water partition coefficient (Wildman–Crippen LogP) is 4.39. The Hall–Kier alpha value is -3.24. The zero-order valence-corrected chi connectivity index (χ0v) is 21.1. The molecule has 9 heteroatoms. The summed E-state index contributed by atoms with van der Waals surface area (Å²) < 4.78 is 12.7. The van der Waals surface area contributed by atoms with Crippen LogP contribution in [0.4, 0.5) is 0 Å². The molecule has 194 valence electrons. The van der Waals surface area contributed by atoms with Gasteiger partial charge in [0, 0.05) is 36.9 Å². The number of aliphatic hydroxyl groups excluding tert-OH is 1. The molecule has 3 atom stereocenters. The molecule has 0 spiro atoms. The number of aromatic nitrogens is 1. The maximum Gasteiger partial charge on any atom is 0.303 e. The molecular formula is C28H30N2O6S. The third kappa shape index (κ3) is 8.13. The second-order valence-electron chi connectivity index (χ2n) is 8.74. The lowest BCUT2D eigenvalue weighted by Crippen LogP contribution is -2.31. The number of ether oxygens (including phenoxy) is 2. The molecule has 1 fully saturated rings. The predicted molar refractivity (Wildman–Crippen MR) is 139 cm³/mol. The molecule has 1 aliphatic rings. The molecule has 3 aromatic rings. The number of aliphatic carboxylic acids is 1. The molecule has 2 aromatic carbocycles. The highest BCUT2D eigenvalue weighted by molar-refractivity contribution is 7.99. The van der Waals surface area contributed by atoms with Crippen molar-refractivity contribution < 1.29 is 29.3 Å². The molecule has 0 radical (unpaired) electrons. The van der Waals surface area contributed by atoms with Crippen LogP contribution in [0.15, 0.2) is 78.0 Å². The van der Waals surface area contributed by atoms with Gasteiger partial charge in [-0.05, 0) is 28.8 Å². The molecule has 0 aliphatic carbocycles. The zero-order chi connectivity index (χ0) is 26.0. The summed E-state index contributed by atoms with van der Waals surface area (Å²) in [5.74, 6) is -0.567. The first-order chi connectivity index (χ1) is 18.0. The second-order valence-corrected chi connectivity index (χ2v) is 9.78. The number of hydrogen-bond donors (Lipinski definition) is 3. The van der Waals surface area contributed by atoms with E-state index in [1.54, 1.807) is 18.0 Å². The number of carbonyl (C=O) groups is 2. The van der Waals surface area contributed by atoms with E-state index in [4.69, 9.17) is 14.6 Å². The van der Waals surface area contributed by atoms with Crippen LogP contribution in [-0.4, -0.2) is 38.9 Å². The van der Waals surface area contributed by atoms with Gasteiger partial charge in [-0.25, -0.2) is 4.98 Å². The number of thioether (sulfide) groups is 1. The Morgan fingerprint density at radius 3 is 2.35 bits per heavy atom. The number of benzene rings is 2. The lowest BCUT2D eigenvalue weighted by molar-refractivity contribution is -0.245. The monoisotopic (exact) mass is 522 g/mol. The third-order valence-electron chi connectivity index (χ3n) is 5.98. The number of carboxylic acid groups (broad SMARTS) is 1. The van der Waals surface area contributed by atoms with Crippen molar-refractivity contribution in [1.82, 2.24) is 10.3 Å². The number of rotatable bonds is 11. The average Bonchev–Trinajstić information content (AvgIpc) is 2.94. The lowest BCUT2D eigenvalue weighted by atomic mass is 10.0. The number of nitrogens with zero attached hydrogens (tertiary/aromatic N) is 1. The Kier molecular flexibility index (Phi) is 9.67. The van der Waals surface area contributed by atoms with Crippen molar-refractivity contribution in [2.24, 2.45) is 0 Å². The molecule has 1 aliphatic heterocycles. The Bertz CT molecular complexity index is 1160. The van der Waals surface area contributed by atoms with Gasteiger partial charge in [-0.15, -0.1) is 11.8 Å². The van der Waals surface area contributed by atoms with Gasteiger partial charge in [0.15, 0.2) is 6.29 Å². The van der Waals surface area contributed by atoms with Gasteiger partial charge in [0.1, 0.15) is 0 Å². The second kappa shape index (κ2) is 13.3. The van der Waals surface area contributed by atoms with Crippen LogP contribution in [0.2, 0.25) is 0 Å². The van der Waals surface area contributed by atoms with Crippen LogP contribution in [0.3, 0.4) is 0 Å². The summed E-state index contributed by atoms with van der Waals surface area (Å²) in [5, 5.41) is 21.8. The van der Waals surface area contributed by atoms with E-state index in [1.807, 2.05) is 66.7 Å². The first-order valence-electron chi connectivity index (χ1n) is 12.1. The number of amides is 1. The normalized spacial score (nSPS) is 19.3. The van der Waals surface area contributed by atoms with Crippen molar-refractivity contribution in [3.8, 4) is 0 Å². The fourth-order valence-electron chi connectivity index (χ4n) is 3.94. The average molecular weight is 523 g/mol. The van der Waals surface area contributed by atoms with Crippen LogP contribution in [-0.2, 0) is 32.2 Å². The number of carbonyl (C=O) groups excluding carboxylic acids is 1. The summed E-state index contributed by atoms with van der Waals surface area (Å²) in [5.41, 5.74) is 3.63. The molecule has 1 saturated heterocycles. The van der Waals surface area contributed by atoms with Crippen molar-refractivity contribution in [2.75, 3.05) is 5.75 Å². The Balaban J connectivity index is 1.43. The van der Waals surface area contributed by atoms with Crippen molar-refractivity contribution in [1.29, 1.82) is 0 Å². The number of pyridine rings is 1. The van der Waals surface area contributed by atoms with Crippen molar-refractivity contribution >= 4 is 23.6 Å². The molecular weight excluding hydrogens is 492 g/mol. The van der Waals surface area contributed by atoms with Crippen LogP contribution in [0.25, 0.3) is 0 Å². The van der Waals surface area contributed by atoms with E-state index in [-0.39, 0.29) is 37.6 Å². The van der Waals surface area contributed by atoms with Crippen LogP contribution in [0.1, 0.15) is 53.9 Å². The van der Waals surface area contributed by atoms with E-state index in [2.05, 4.69) is 10.3 Å². The number of carboxylic acids is 1. The fourth-order valence-corrected chi connectivity index (χ4v) is 4.82. The molecule has 0 bridgehead atoms. The molecule has 1 aromatic heterocycles. The summed E-state index contributed by atoms with van der Waals surface area (Å²) in [6.45, 7) is 0.307. The SMILES string of the molecule is O=C(O)CCC(=O)NCc1ccc([C@@H]2O[C@H](CSc3ccccn3)C[C@H](c3ccc(CO)cc3)O2)cc1. The molecule has 0 saturated carbocycles. The highest BCUT2D eigenvalue weighted by atomic mass is 32.2. The molecule has 1 amide bonds. The summed E-state index contributed by atoms with van der Waals surface area (Å²) in [4.78, 5) is 26.8. The minimum Gasteiger partial charge on any atom is -0.481 e. The topological polar surface area (TPSA) is 118 Å². The van der Waals surface area contributed by atoms with Gasteiger partial charge in [0.05, 0.1) is 30.3 Å². The molecule has 3 N–H and O–H groups in total. The van der Waals surface area contributed by atoms with Crippen LogP contribution in [0.5, 0.6) is 0 Å². The van der Waals surface area contributed by atoms with Gasteiger partial charge < -0.3 is 25.0 Å². The third-order valence-corrected chi connectivity index (χ3v) is 7.05. The fraction of sp³-hybridized carbons (Fsp3) is 0.321. The van der Waals surface area contributed by atoms with Gasteiger partial charge in [0.2, 0.25) is 5.91 Å². The number of nitrogens with one attached hydrogen (secondary N) is 1. The Labute approximate surface area is 220 Å². The van der Waals surface area contributed by atoms with E-state index in [0.717, 1.165) is 33.0 Å². The van der Waals surface area contributed by atoms with E-state index >= 15 is 0 Å². The maximum absolute atomic E-state index is 11.8. The molecule has 2 heterocycles. The maximum atomic E-state index is 11.8. The zero-order valence-electron chi connectivity index (χ0n) is 20.3. The van der Waals surface area contributed by atoms with Gasteiger partial charge in [-0.3, -0.25) is 9.59 Å². The van der Waals surface area contributed by atoms with Crippen molar-refractivity contribution in [3.05, 3.63) is 95.2 Å². The highest BCUT2D eigenvalue weighted by Gasteiger charge is 2.32. The van der Waals surface area contributed by atoms with Crippen LogP contribution >= 0.6 is 11.8 Å². The Morgan fingerprint density at radius 2 is 1.68 bits per heavy atom. The van der Waals surface area contributed by atoms with E-state index in [1.165, 1.54) is 0 Å². The molecule has 37 heavy (non-hydrogen) atoms. The molecule has 8 nitrogen and oxygen atoms in total. The molecule has 0 unspecified atom stereocenters. The van der Waals surface area contributed by atoms with Gasteiger partial charge in [0.25, 0.3) is 0 Å². The standard InChI is InChI=1S/C28H30N2O6S/c31-17-20-6-8-21(9-7-20)24-15-23(18-37-26-3-1-2-14-29-26)35-28(36-24)22-10-4-19(5-11-22)16-30-25(32)12-13-27(33)34/h1-11,14,23-24,28,31H,12-13,15-18H2,(H,30,32)(H,33,34)/t23-,24+,28+/m0/s1. The van der Waals surface area contributed by atoms with Crippen molar-refractivity contribution in [3.63, 3.8) is 0 Å². The van der Waals surface area contributed by atoms with Gasteiger partial charge in [-0.1, -0.05) is 54.6 Å². The van der Waals surface area contributed by atoms with E-state index in [0.29, 0.717) is 13.0 Å². The summed E-state index contributed by atoms with van der Waals surface area (Å²) in [7, 11) is 0. The van der Waals surface area contributed by atoms with Crippen molar-refractivity contribution in [2.45, 2.75) is 55.9 Å². The largest absolute Gasteiger partial charge is 0.481 e. The Morgan fingerprint density at radius 1 is 0.946 bits per heavy atom. The summed E-state index contributed by atoms with van der Waals surface area (Å²) in [6, 6.07) is 21.2. The van der Waals surface area contributed by atoms with Gasteiger partial charge >= 0.3 is 5.97 Å².